The molecule has 19 heavy (non-hydrogen) atoms. The Morgan fingerprint density at radius 3 is 2.68 bits per heavy atom. The molecule has 0 radical (unpaired) electrons. The van der Waals surface area contributed by atoms with Gasteiger partial charge in [-0.15, -0.1) is 11.8 Å². The molecule has 0 atom stereocenters. The molecular formula is C14H16N2O2S. The van der Waals surface area contributed by atoms with Crippen molar-refractivity contribution in [3.63, 3.8) is 0 Å². The van der Waals surface area contributed by atoms with Crippen LogP contribution in [0.1, 0.15) is 5.56 Å². The van der Waals surface area contributed by atoms with Crippen LogP contribution in [0.2, 0.25) is 0 Å². The maximum absolute atomic E-state index is 11.7. The second-order valence-corrected chi connectivity index (χ2v) is 4.57. The van der Waals surface area contributed by atoms with Crippen molar-refractivity contribution in [3.8, 4) is 6.07 Å². The molecule has 0 saturated carbocycles. The van der Waals surface area contributed by atoms with Gasteiger partial charge in [0.25, 0.3) is 5.91 Å². The lowest BCUT2D eigenvalue weighted by atomic mass is 10.1. The van der Waals surface area contributed by atoms with Crippen LogP contribution in [0.5, 0.6) is 0 Å². The average molecular weight is 276 g/mol. The molecule has 1 N–H and O–H groups in total. The fraction of sp³-hybridized carbons (Fsp3) is 0.286. The van der Waals surface area contributed by atoms with E-state index in [1.807, 2.05) is 36.6 Å². The van der Waals surface area contributed by atoms with Gasteiger partial charge in [0.1, 0.15) is 11.6 Å². The van der Waals surface area contributed by atoms with Gasteiger partial charge in [-0.1, -0.05) is 12.1 Å². The molecule has 0 heterocycles. The Kier molecular flexibility index (Phi) is 6.72. The van der Waals surface area contributed by atoms with Crippen molar-refractivity contribution in [2.75, 3.05) is 26.5 Å². The average Bonchev–Trinajstić information content (AvgIpc) is 2.45. The lowest BCUT2D eigenvalue weighted by Gasteiger charge is -2.03. The fourth-order valence-electron chi connectivity index (χ4n) is 1.38. The molecule has 0 unspecified atom stereocenters. The number of hydrogen-bond donors (Lipinski definition) is 1. The van der Waals surface area contributed by atoms with Crippen molar-refractivity contribution < 1.29 is 9.53 Å². The molecule has 0 saturated heterocycles. The molecule has 5 heteroatoms. The van der Waals surface area contributed by atoms with Crippen molar-refractivity contribution >= 4 is 23.7 Å². The SMILES string of the molecule is COCCNC(=O)/C(C#N)=C/c1ccc(SC)cc1. The van der Waals surface area contributed by atoms with E-state index in [1.54, 1.807) is 24.9 Å². The first kappa shape index (κ1) is 15.3. The number of rotatable bonds is 6. The minimum absolute atomic E-state index is 0.0907. The molecule has 4 nitrogen and oxygen atoms in total. The van der Waals surface area contributed by atoms with Crippen LogP contribution >= 0.6 is 11.8 Å². The van der Waals surface area contributed by atoms with Crippen LogP contribution in [0, 0.1) is 11.3 Å². The van der Waals surface area contributed by atoms with Gasteiger partial charge in [-0.3, -0.25) is 4.79 Å². The number of nitriles is 1. The Labute approximate surface area is 117 Å². The Morgan fingerprint density at radius 1 is 1.47 bits per heavy atom. The second-order valence-electron chi connectivity index (χ2n) is 3.69. The number of nitrogens with zero attached hydrogens (tertiary/aromatic N) is 1. The lowest BCUT2D eigenvalue weighted by Crippen LogP contribution is -2.27. The summed E-state index contributed by atoms with van der Waals surface area (Å²) in [6.45, 7) is 0.812. The maximum atomic E-state index is 11.7. The first-order valence-corrected chi connectivity index (χ1v) is 6.96. The van der Waals surface area contributed by atoms with E-state index in [-0.39, 0.29) is 11.5 Å². The number of carbonyl (C=O) groups is 1. The molecule has 0 aliphatic heterocycles. The summed E-state index contributed by atoms with van der Waals surface area (Å²) in [7, 11) is 1.56. The van der Waals surface area contributed by atoms with Gasteiger partial charge in [0, 0.05) is 18.6 Å². The van der Waals surface area contributed by atoms with Crippen LogP contribution in [-0.2, 0) is 9.53 Å². The Bertz CT molecular complexity index is 489. The van der Waals surface area contributed by atoms with Crippen LogP contribution in [0.15, 0.2) is 34.7 Å². The summed E-state index contributed by atoms with van der Waals surface area (Å²) < 4.78 is 4.83. The summed E-state index contributed by atoms with van der Waals surface area (Å²) in [5.74, 6) is -0.381. The van der Waals surface area contributed by atoms with E-state index in [9.17, 15) is 4.79 Å². The van der Waals surface area contributed by atoms with Crippen molar-refractivity contribution in [3.05, 3.63) is 35.4 Å². The molecule has 0 aliphatic carbocycles. The number of amides is 1. The van der Waals surface area contributed by atoms with E-state index in [1.165, 1.54) is 0 Å². The van der Waals surface area contributed by atoms with E-state index in [0.717, 1.165) is 10.5 Å². The molecule has 0 fully saturated rings. The van der Waals surface area contributed by atoms with Crippen LogP contribution in [0.4, 0.5) is 0 Å². The standard InChI is InChI=1S/C14H16N2O2S/c1-18-8-7-16-14(17)12(10-15)9-11-3-5-13(19-2)6-4-11/h3-6,9H,7-8H2,1-2H3,(H,16,17)/b12-9+. The first-order chi connectivity index (χ1) is 9.21. The zero-order chi connectivity index (χ0) is 14.1. The Hall–Kier alpha value is -1.77. The molecule has 1 amide bonds. The third-order valence-electron chi connectivity index (χ3n) is 2.38. The summed E-state index contributed by atoms with van der Waals surface area (Å²) in [5, 5.41) is 11.6. The van der Waals surface area contributed by atoms with Crippen molar-refractivity contribution in [1.82, 2.24) is 5.32 Å². The monoisotopic (exact) mass is 276 g/mol. The third kappa shape index (κ3) is 5.16. The molecular weight excluding hydrogens is 260 g/mol. The number of ether oxygens (including phenoxy) is 1. The molecule has 1 aromatic rings. The predicted molar refractivity (Wildman–Crippen MR) is 76.7 cm³/mol. The summed E-state index contributed by atoms with van der Waals surface area (Å²) >= 11 is 1.64. The van der Waals surface area contributed by atoms with Gasteiger partial charge >= 0.3 is 0 Å². The fourth-order valence-corrected chi connectivity index (χ4v) is 1.79. The third-order valence-corrected chi connectivity index (χ3v) is 3.13. The van der Waals surface area contributed by atoms with E-state index >= 15 is 0 Å². The van der Waals surface area contributed by atoms with Gasteiger partial charge in [0.2, 0.25) is 0 Å². The van der Waals surface area contributed by atoms with Crippen LogP contribution in [0.25, 0.3) is 6.08 Å². The lowest BCUT2D eigenvalue weighted by molar-refractivity contribution is -0.117. The zero-order valence-corrected chi connectivity index (χ0v) is 11.8. The molecule has 1 rings (SSSR count). The van der Waals surface area contributed by atoms with Crippen LogP contribution in [-0.4, -0.2) is 32.4 Å². The number of nitrogens with one attached hydrogen (secondary N) is 1. The van der Waals surface area contributed by atoms with Crippen LogP contribution < -0.4 is 5.32 Å². The topological polar surface area (TPSA) is 62.1 Å². The Balaban J connectivity index is 2.75. The molecule has 1 aromatic carbocycles. The smallest absolute Gasteiger partial charge is 0.262 e. The molecule has 100 valence electrons. The van der Waals surface area contributed by atoms with E-state index in [4.69, 9.17) is 10.00 Å². The van der Waals surface area contributed by atoms with Crippen molar-refractivity contribution in [2.24, 2.45) is 0 Å². The van der Waals surface area contributed by atoms with Gasteiger partial charge in [0.05, 0.1) is 6.61 Å². The first-order valence-electron chi connectivity index (χ1n) is 5.74. The summed E-state index contributed by atoms with van der Waals surface area (Å²) in [6, 6.07) is 9.58. The minimum Gasteiger partial charge on any atom is -0.383 e. The zero-order valence-electron chi connectivity index (χ0n) is 11.0. The largest absolute Gasteiger partial charge is 0.383 e. The highest BCUT2D eigenvalue weighted by molar-refractivity contribution is 7.98. The van der Waals surface area contributed by atoms with Gasteiger partial charge in [-0.25, -0.2) is 0 Å². The van der Waals surface area contributed by atoms with Gasteiger partial charge < -0.3 is 10.1 Å². The van der Waals surface area contributed by atoms with Gasteiger partial charge in [-0.2, -0.15) is 5.26 Å². The number of hydrogen-bond acceptors (Lipinski definition) is 4. The van der Waals surface area contributed by atoms with E-state index in [2.05, 4.69) is 5.32 Å². The molecule has 0 aromatic heterocycles. The van der Waals surface area contributed by atoms with Gasteiger partial charge in [0.15, 0.2) is 0 Å². The second kappa shape index (κ2) is 8.35. The maximum Gasteiger partial charge on any atom is 0.262 e. The Morgan fingerprint density at radius 2 is 2.16 bits per heavy atom. The quantitative estimate of drug-likeness (QED) is 0.374. The number of carbonyl (C=O) groups excluding carboxylic acids is 1. The summed E-state index contributed by atoms with van der Waals surface area (Å²) in [6.07, 6.45) is 3.57. The molecule has 0 bridgehead atoms. The highest BCUT2D eigenvalue weighted by Crippen LogP contribution is 2.16. The molecule has 0 aliphatic rings. The van der Waals surface area contributed by atoms with E-state index in [0.29, 0.717) is 13.2 Å². The van der Waals surface area contributed by atoms with Crippen LogP contribution in [0.3, 0.4) is 0 Å². The number of benzene rings is 1. The van der Waals surface area contributed by atoms with Gasteiger partial charge in [-0.05, 0) is 30.0 Å². The van der Waals surface area contributed by atoms with Crippen molar-refractivity contribution in [1.29, 1.82) is 5.26 Å². The summed E-state index contributed by atoms with van der Waals surface area (Å²) in [4.78, 5) is 12.9. The number of thioether (sulfide) groups is 1. The van der Waals surface area contributed by atoms with Crippen molar-refractivity contribution in [2.45, 2.75) is 4.90 Å². The predicted octanol–water partition coefficient (Wildman–Crippen LogP) is 2.08. The van der Waals surface area contributed by atoms with E-state index < -0.39 is 0 Å². The highest BCUT2D eigenvalue weighted by atomic mass is 32.2. The highest BCUT2D eigenvalue weighted by Gasteiger charge is 2.07. The normalized spacial score (nSPS) is 10.9. The number of methoxy groups -OCH3 is 1. The summed E-state index contributed by atoms with van der Waals surface area (Å²) in [5.41, 5.74) is 0.921. The minimum atomic E-state index is -0.381. The molecule has 0 spiro atoms.